The van der Waals surface area contributed by atoms with Gasteiger partial charge < -0.3 is 9.67 Å². The van der Waals surface area contributed by atoms with Crippen molar-refractivity contribution >= 4 is 11.6 Å². The standard InChI is InChI=1S/C9H15ClN2O/c1-12-6-5-11-9(12)7-8(13)3-2-4-10/h5-6,8,13H,2-4,7H2,1H3. The summed E-state index contributed by atoms with van der Waals surface area (Å²) in [6, 6.07) is 0. The molecule has 0 radical (unpaired) electrons. The van der Waals surface area contributed by atoms with Crippen molar-refractivity contribution in [1.82, 2.24) is 9.55 Å². The number of aliphatic hydroxyl groups is 1. The third-order valence-electron chi connectivity index (χ3n) is 2.01. The predicted octanol–water partition coefficient (Wildman–Crippen LogP) is 1.34. The van der Waals surface area contributed by atoms with Gasteiger partial charge in [-0.3, -0.25) is 0 Å². The summed E-state index contributed by atoms with van der Waals surface area (Å²) in [4.78, 5) is 4.13. The van der Waals surface area contributed by atoms with E-state index in [0.29, 0.717) is 12.3 Å². The van der Waals surface area contributed by atoms with Crippen LogP contribution in [0.5, 0.6) is 0 Å². The van der Waals surface area contributed by atoms with Crippen LogP contribution in [0.4, 0.5) is 0 Å². The summed E-state index contributed by atoms with van der Waals surface area (Å²) in [6.45, 7) is 0. The summed E-state index contributed by atoms with van der Waals surface area (Å²) < 4.78 is 1.92. The molecule has 74 valence electrons. The van der Waals surface area contributed by atoms with Crippen molar-refractivity contribution in [3.8, 4) is 0 Å². The molecule has 13 heavy (non-hydrogen) atoms. The predicted molar refractivity (Wildman–Crippen MR) is 52.9 cm³/mol. The van der Waals surface area contributed by atoms with Crippen LogP contribution in [0, 0.1) is 0 Å². The fraction of sp³-hybridized carbons (Fsp3) is 0.667. The Balaban J connectivity index is 2.36. The maximum Gasteiger partial charge on any atom is 0.110 e. The largest absolute Gasteiger partial charge is 0.393 e. The minimum Gasteiger partial charge on any atom is -0.393 e. The van der Waals surface area contributed by atoms with Crippen LogP contribution in [-0.2, 0) is 13.5 Å². The first-order valence-electron chi connectivity index (χ1n) is 4.44. The van der Waals surface area contributed by atoms with Gasteiger partial charge in [0.2, 0.25) is 0 Å². The molecule has 0 aliphatic carbocycles. The number of rotatable bonds is 5. The topological polar surface area (TPSA) is 38.0 Å². The number of aryl methyl sites for hydroxylation is 1. The van der Waals surface area contributed by atoms with Crippen molar-refractivity contribution in [2.45, 2.75) is 25.4 Å². The summed E-state index contributed by atoms with van der Waals surface area (Å²) in [5, 5.41) is 9.56. The lowest BCUT2D eigenvalue weighted by atomic mass is 10.1. The number of hydrogen-bond donors (Lipinski definition) is 1. The highest BCUT2D eigenvalue weighted by Crippen LogP contribution is 2.05. The molecule has 1 atom stereocenters. The Bertz CT molecular complexity index is 250. The maximum absolute atomic E-state index is 9.56. The number of halogens is 1. The monoisotopic (exact) mass is 202 g/mol. The molecule has 0 saturated heterocycles. The average molecular weight is 203 g/mol. The van der Waals surface area contributed by atoms with Gasteiger partial charge in [-0.25, -0.2) is 4.98 Å². The molecule has 1 aromatic heterocycles. The molecule has 1 unspecified atom stereocenters. The van der Waals surface area contributed by atoms with Gasteiger partial charge in [0, 0.05) is 31.7 Å². The molecule has 3 nitrogen and oxygen atoms in total. The highest BCUT2D eigenvalue weighted by atomic mass is 35.5. The molecule has 0 fully saturated rings. The Hall–Kier alpha value is -0.540. The number of hydrogen-bond acceptors (Lipinski definition) is 2. The van der Waals surface area contributed by atoms with Gasteiger partial charge in [-0.05, 0) is 12.8 Å². The average Bonchev–Trinajstić information content (AvgIpc) is 2.48. The Kier molecular flexibility index (Phi) is 4.25. The van der Waals surface area contributed by atoms with Crippen molar-refractivity contribution in [2.24, 2.45) is 7.05 Å². The molecule has 0 bridgehead atoms. The summed E-state index contributed by atoms with van der Waals surface area (Å²) in [7, 11) is 1.93. The van der Waals surface area contributed by atoms with Gasteiger partial charge in [0.15, 0.2) is 0 Å². The van der Waals surface area contributed by atoms with E-state index in [-0.39, 0.29) is 6.10 Å². The van der Waals surface area contributed by atoms with E-state index in [4.69, 9.17) is 11.6 Å². The quantitative estimate of drug-likeness (QED) is 0.732. The van der Waals surface area contributed by atoms with E-state index >= 15 is 0 Å². The highest BCUT2D eigenvalue weighted by Gasteiger charge is 2.07. The highest BCUT2D eigenvalue weighted by molar-refractivity contribution is 6.17. The Morgan fingerprint density at radius 2 is 2.46 bits per heavy atom. The van der Waals surface area contributed by atoms with Gasteiger partial charge in [0.1, 0.15) is 5.82 Å². The second-order valence-electron chi connectivity index (χ2n) is 3.14. The van der Waals surface area contributed by atoms with Crippen LogP contribution in [0.25, 0.3) is 0 Å². The van der Waals surface area contributed by atoms with Crippen LogP contribution < -0.4 is 0 Å². The third-order valence-corrected chi connectivity index (χ3v) is 2.28. The number of aromatic nitrogens is 2. The van der Waals surface area contributed by atoms with Gasteiger partial charge >= 0.3 is 0 Å². The molecule has 4 heteroatoms. The van der Waals surface area contributed by atoms with Crippen molar-refractivity contribution < 1.29 is 5.11 Å². The third kappa shape index (κ3) is 3.36. The zero-order valence-corrected chi connectivity index (χ0v) is 8.54. The summed E-state index contributed by atoms with van der Waals surface area (Å²) in [6.07, 6.45) is 5.51. The van der Waals surface area contributed by atoms with E-state index in [2.05, 4.69) is 4.98 Å². The van der Waals surface area contributed by atoms with E-state index in [0.717, 1.165) is 18.7 Å². The molecule has 0 aliphatic heterocycles. The van der Waals surface area contributed by atoms with Gasteiger partial charge in [-0.15, -0.1) is 11.6 Å². The van der Waals surface area contributed by atoms with Gasteiger partial charge in [-0.2, -0.15) is 0 Å². The number of imidazole rings is 1. The lowest BCUT2D eigenvalue weighted by Gasteiger charge is -2.08. The lowest BCUT2D eigenvalue weighted by Crippen LogP contribution is -2.13. The van der Waals surface area contributed by atoms with E-state index < -0.39 is 0 Å². The van der Waals surface area contributed by atoms with E-state index in [1.165, 1.54) is 0 Å². The van der Waals surface area contributed by atoms with E-state index in [1.54, 1.807) is 6.20 Å². The van der Waals surface area contributed by atoms with Crippen molar-refractivity contribution in [3.63, 3.8) is 0 Å². The van der Waals surface area contributed by atoms with Gasteiger partial charge in [0.25, 0.3) is 0 Å². The summed E-state index contributed by atoms with van der Waals surface area (Å²) >= 11 is 5.53. The molecule has 1 rings (SSSR count). The Morgan fingerprint density at radius 1 is 1.69 bits per heavy atom. The Labute approximate surface area is 83.4 Å². The van der Waals surface area contributed by atoms with Gasteiger partial charge in [-0.1, -0.05) is 0 Å². The van der Waals surface area contributed by atoms with Crippen LogP contribution >= 0.6 is 11.6 Å². The normalized spacial score (nSPS) is 13.2. The number of alkyl halides is 1. The maximum atomic E-state index is 9.56. The molecule has 0 spiro atoms. The van der Waals surface area contributed by atoms with Crippen molar-refractivity contribution in [1.29, 1.82) is 0 Å². The lowest BCUT2D eigenvalue weighted by molar-refractivity contribution is 0.161. The molecule has 0 saturated carbocycles. The molecular weight excluding hydrogens is 188 g/mol. The minimum absolute atomic E-state index is 0.320. The fourth-order valence-corrected chi connectivity index (χ4v) is 1.37. The van der Waals surface area contributed by atoms with Crippen LogP contribution in [-0.4, -0.2) is 26.6 Å². The first kappa shape index (κ1) is 10.5. The number of aliphatic hydroxyl groups excluding tert-OH is 1. The molecule has 1 aromatic rings. The molecule has 1 N–H and O–H groups in total. The second-order valence-corrected chi connectivity index (χ2v) is 3.52. The molecule has 0 aromatic carbocycles. The summed E-state index contributed by atoms with van der Waals surface area (Å²) in [5.74, 6) is 1.53. The zero-order chi connectivity index (χ0) is 9.68. The molecule has 0 aliphatic rings. The van der Waals surface area contributed by atoms with E-state index in [1.807, 2.05) is 17.8 Å². The summed E-state index contributed by atoms with van der Waals surface area (Å²) in [5.41, 5.74) is 0. The van der Waals surface area contributed by atoms with Crippen molar-refractivity contribution in [3.05, 3.63) is 18.2 Å². The van der Waals surface area contributed by atoms with Crippen LogP contribution in [0.15, 0.2) is 12.4 Å². The van der Waals surface area contributed by atoms with Gasteiger partial charge in [0.05, 0.1) is 6.10 Å². The minimum atomic E-state index is -0.320. The zero-order valence-electron chi connectivity index (χ0n) is 7.78. The Morgan fingerprint density at radius 3 is 3.00 bits per heavy atom. The second kappa shape index (κ2) is 5.25. The first-order valence-corrected chi connectivity index (χ1v) is 4.97. The van der Waals surface area contributed by atoms with E-state index in [9.17, 15) is 5.11 Å². The molecule has 1 heterocycles. The molecular formula is C9H15ClN2O. The van der Waals surface area contributed by atoms with Crippen LogP contribution in [0.1, 0.15) is 18.7 Å². The van der Waals surface area contributed by atoms with Crippen molar-refractivity contribution in [2.75, 3.05) is 5.88 Å². The van der Waals surface area contributed by atoms with Crippen LogP contribution in [0.3, 0.4) is 0 Å². The SMILES string of the molecule is Cn1ccnc1CC(O)CCCCl. The fourth-order valence-electron chi connectivity index (χ4n) is 1.22. The smallest absolute Gasteiger partial charge is 0.110 e. The molecule has 0 amide bonds. The first-order chi connectivity index (χ1) is 6.24. The number of nitrogens with zero attached hydrogens (tertiary/aromatic N) is 2. The van der Waals surface area contributed by atoms with Crippen LogP contribution in [0.2, 0.25) is 0 Å².